The zero-order valence-electron chi connectivity index (χ0n) is 18.2. The average molecular weight is 493 g/mol. The number of amides is 1. The Bertz CT molecular complexity index is 1430. The number of rotatable bonds is 4. The van der Waals surface area contributed by atoms with E-state index in [9.17, 15) is 9.18 Å². The van der Waals surface area contributed by atoms with Crippen LogP contribution in [0.4, 0.5) is 20.7 Å². The highest BCUT2D eigenvalue weighted by Gasteiger charge is 2.27. The fourth-order valence-corrected chi connectivity index (χ4v) is 4.23. The number of carbonyl (C=O) groups excluding carboxylic acids is 1. The van der Waals surface area contributed by atoms with Gasteiger partial charge in [-0.05, 0) is 37.1 Å². The molecule has 35 heavy (non-hydrogen) atoms. The van der Waals surface area contributed by atoms with Gasteiger partial charge < -0.3 is 19.5 Å². The molecule has 3 aromatic heterocycles. The third-order valence-electron chi connectivity index (χ3n) is 5.75. The molecule has 1 aromatic carbocycles. The molecule has 0 radical (unpaired) electrons. The Hall–Kier alpha value is -4.30. The summed E-state index contributed by atoms with van der Waals surface area (Å²) in [6.07, 6.45) is 6.14. The SMILES string of the molecule is N#Cc1ccc(Nc2ncnc3c2ccn3C2CCN(C(=O)Oc3ncc(F)cn3)CC2)c(Cl)c1. The Kier molecular flexibility index (Phi) is 6.12. The van der Waals surface area contributed by atoms with Crippen molar-refractivity contribution in [2.24, 2.45) is 0 Å². The molecule has 4 aromatic rings. The molecule has 0 unspecified atom stereocenters. The normalized spacial score (nSPS) is 14.0. The van der Waals surface area contributed by atoms with Gasteiger partial charge in [-0.3, -0.25) is 0 Å². The number of nitrogens with zero attached hydrogens (tertiary/aromatic N) is 7. The van der Waals surface area contributed by atoms with Crippen molar-refractivity contribution in [3.05, 3.63) is 65.6 Å². The van der Waals surface area contributed by atoms with E-state index < -0.39 is 11.9 Å². The van der Waals surface area contributed by atoms with Gasteiger partial charge in [0, 0.05) is 25.3 Å². The average Bonchev–Trinajstić information content (AvgIpc) is 3.32. The minimum absolute atomic E-state index is 0.125. The van der Waals surface area contributed by atoms with Gasteiger partial charge in [0.2, 0.25) is 0 Å². The van der Waals surface area contributed by atoms with Crippen molar-refractivity contribution >= 4 is 40.2 Å². The first-order chi connectivity index (χ1) is 17.0. The number of benzene rings is 1. The first-order valence-corrected chi connectivity index (χ1v) is 11.1. The van der Waals surface area contributed by atoms with E-state index in [2.05, 4.69) is 35.9 Å². The van der Waals surface area contributed by atoms with E-state index in [1.165, 1.54) is 6.33 Å². The molecule has 1 fully saturated rings. The Balaban J connectivity index is 1.28. The maximum Gasteiger partial charge on any atom is 0.417 e. The van der Waals surface area contributed by atoms with Crippen molar-refractivity contribution < 1.29 is 13.9 Å². The van der Waals surface area contributed by atoms with E-state index >= 15 is 0 Å². The lowest BCUT2D eigenvalue weighted by molar-refractivity contribution is 0.129. The van der Waals surface area contributed by atoms with Crippen LogP contribution in [0.1, 0.15) is 24.4 Å². The Morgan fingerprint density at radius 3 is 2.66 bits per heavy atom. The monoisotopic (exact) mass is 492 g/mol. The number of likely N-dealkylation sites (tertiary alicyclic amines) is 1. The molecule has 1 amide bonds. The quantitative estimate of drug-likeness (QED) is 0.443. The van der Waals surface area contributed by atoms with Crippen molar-refractivity contribution in [1.29, 1.82) is 5.26 Å². The molecule has 1 saturated heterocycles. The fraction of sp³-hybridized carbons (Fsp3) is 0.217. The number of ether oxygens (including phenoxy) is 1. The van der Waals surface area contributed by atoms with E-state index in [1.54, 1.807) is 23.1 Å². The lowest BCUT2D eigenvalue weighted by atomic mass is 10.1. The molecule has 10 nitrogen and oxygen atoms in total. The number of carbonyl (C=O) groups is 1. The second-order valence-electron chi connectivity index (χ2n) is 7.88. The number of piperidine rings is 1. The van der Waals surface area contributed by atoms with E-state index in [1.807, 2.05) is 12.3 Å². The van der Waals surface area contributed by atoms with Crippen LogP contribution < -0.4 is 10.1 Å². The minimum Gasteiger partial charge on any atom is -0.374 e. The van der Waals surface area contributed by atoms with Gasteiger partial charge in [-0.2, -0.15) is 5.26 Å². The van der Waals surface area contributed by atoms with Crippen molar-refractivity contribution in [3.8, 4) is 12.1 Å². The van der Waals surface area contributed by atoms with Gasteiger partial charge in [-0.1, -0.05) is 11.6 Å². The highest BCUT2D eigenvalue weighted by molar-refractivity contribution is 6.33. The smallest absolute Gasteiger partial charge is 0.374 e. The van der Waals surface area contributed by atoms with Crippen LogP contribution in [0.5, 0.6) is 6.01 Å². The number of hydrogen-bond acceptors (Lipinski definition) is 8. The highest BCUT2D eigenvalue weighted by Crippen LogP contribution is 2.32. The maximum absolute atomic E-state index is 12.9. The van der Waals surface area contributed by atoms with Gasteiger partial charge in [0.15, 0.2) is 5.82 Å². The molecule has 0 atom stereocenters. The van der Waals surface area contributed by atoms with Crippen LogP contribution in [0.15, 0.2) is 49.2 Å². The summed E-state index contributed by atoms with van der Waals surface area (Å²) >= 11 is 6.30. The molecule has 5 rings (SSSR count). The second kappa shape index (κ2) is 9.52. The van der Waals surface area contributed by atoms with Gasteiger partial charge >= 0.3 is 12.1 Å². The molecule has 0 bridgehead atoms. The van der Waals surface area contributed by atoms with E-state index in [-0.39, 0.29) is 12.1 Å². The zero-order valence-corrected chi connectivity index (χ0v) is 19.0. The fourth-order valence-electron chi connectivity index (χ4n) is 4.00. The number of nitrogens with one attached hydrogen (secondary N) is 1. The van der Waals surface area contributed by atoms with E-state index in [0.717, 1.165) is 23.4 Å². The van der Waals surface area contributed by atoms with E-state index in [0.29, 0.717) is 48.0 Å². The Labute approximate surface area is 204 Å². The van der Waals surface area contributed by atoms with Crippen LogP contribution in [-0.4, -0.2) is 48.6 Å². The first-order valence-electron chi connectivity index (χ1n) is 10.7. The third-order valence-corrected chi connectivity index (χ3v) is 6.06. The summed E-state index contributed by atoms with van der Waals surface area (Å²) in [4.78, 5) is 30.1. The maximum atomic E-state index is 12.9. The minimum atomic E-state index is -0.605. The molecular formula is C23H18ClFN8O2. The predicted octanol–water partition coefficient (Wildman–Crippen LogP) is 4.46. The molecule has 0 aliphatic carbocycles. The Morgan fingerprint density at radius 2 is 1.94 bits per heavy atom. The van der Waals surface area contributed by atoms with Crippen molar-refractivity contribution in [2.45, 2.75) is 18.9 Å². The number of anilines is 2. The summed E-state index contributed by atoms with van der Waals surface area (Å²) in [6, 6.07) is 8.93. The summed E-state index contributed by atoms with van der Waals surface area (Å²) in [7, 11) is 0. The molecule has 4 heterocycles. The lowest BCUT2D eigenvalue weighted by Gasteiger charge is -2.31. The summed E-state index contributed by atoms with van der Waals surface area (Å²) in [5.41, 5.74) is 1.86. The molecule has 0 saturated carbocycles. The number of halogens is 2. The summed E-state index contributed by atoms with van der Waals surface area (Å²) in [6.45, 7) is 0.947. The number of fused-ring (bicyclic) bond motifs is 1. The van der Waals surface area contributed by atoms with Crippen molar-refractivity contribution in [1.82, 2.24) is 29.4 Å². The van der Waals surface area contributed by atoms with Crippen LogP contribution in [0.3, 0.4) is 0 Å². The summed E-state index contributed by atoms with van der Waals surface area (Å²) in [5.74, 6) is -0.00704. The van der Waals surface area contributed by atoms with Crippen LogP contribution in [0, 0.1) is 17.1 Å². The Morgan fingerprint density at radius 1 is 1.17 bits per heavy atom. The van der Waals surface area contributed by atoms with Crippen molar-refractivity contribution in [2.75, 3.05) is 18.4 Å². The lowest BCUT2D eigenvalue weighted by Crippen LogP contribution is -2.40. The molecule has 1 aliphatic heterocycles. The van der Waals surface area contributed by atoms with Crippen LogP contribution in [-0.2, 0) is 0 Å². The molecule has 12 heteroatoms. The molecule has 176 valence electrons. The second-order valence-corrected chi connectivity index (χ2v) is 8.29. The van der Waals surface area contributed by atoms with Gasteiger partial charge in [-0.15, -0.1) is 0 Å². The first kappa shape index (κ1) is 22.5. The van der Waals surface area contributed by atoms with Crippen LogP contribution in [0.25, 0.3) is 11.0 Å². The predicted molar refractivity (Wildman–Crippen MR) is 125 cm³/mol. The van der Waals surface area contributed by atoms with Crippen molar-refractivity contribution in [3.63, 3.8) is 0 Å². The molecular weight excluding hydrogens is 475 g/mol. The largest absolute Gasteiger partial charge is 0.417 e. The molecule has 1 aliphatic rings. The number of aromatic nitrogens is 5. The number of hydrogen-bond donors (Lipinski definition) is 1. The zero-order chi connectivity index (χ0) is 24.4. The molecule has 1 N–H and O–H groups in total. The van der Waals surface area contributed by atoms with Crippen LogP contribution in [0.2, 0.25) is 5.02 Å². The summed E-state index contributed by atoms with van der Waals surface area (Å²) in [5, 5.41) is 13.5. The van der Waals surface area contributed by atoms with Gasteiger partial charge in [0.05, 0.1) is 40.1 Å². The van der Waals surface area contributed by atoms with Gasteiger partial charge in [-0.25, -0.2) is 29.1 Å². The highest BCUT2D eigenvalue weighted by atomic mass is 35.5. The third kappa shape index (κ3) is 4.69. The topological polar surface area (TPSA) is 122 Å². The summed E-state index contributed by atoms with van der Waals surface area (Å²) < 4.78 is 20.2. The van der Waals surface area contributed by atoms with Gasteiger partial charge in [0.1, 0.15) is 17.8 Å². The standard InChI is InChI=1S/C23H18ClFN8O2/c24-18-9-14(10-26)1-2-19(18)31-20-17-5-8-33(21(17)30-13-29-20)16-3-6-32(7-4-16)23(34)35-22-27-11-15(25)12-28-22/h1-2,5,8-9,11-13,16H,3-4,6-7H2,(H,29,30,31). The van der Waals surface area contributed by atoms with E-state index in [4.69, 9.17) is 21.6 Å². The van der Waals surface area contributed by atoms with Crippen LogP contribution >= 0.6 is 11.6 Å². The molecule has 0 spiro atoms. The number of nitriles is 1. The van der Waals surface area contributed by atoms with Gasteiger partial charge in [0.25, 0.3) is 0 Å².